The molecule has 3 aromatic heterocycles. The molecule has 136 valence electrons. The average molecular weight is 370 g/mol. The van der Waals surface area contributed by atoms with Gasteiger partial charge < -0.3 is 4.90 Å². The summed E-state index contributed by atoms with van der Waals surface area (Å²) in [6.07, 6.45) is 4.50. The van der Waals surface area contributed by atoms with E-state index in [9.17, 15) is 4.79 Å². The number of amides is 1. The van der Waals surface area contributed by atoms with Crippen LogP contribution in [0.15, 0.2) is 23.8 Å². The molecule has 4 rings (SSSR count). The van der Waals surface area contributed by atoms with Crippen LogP contribution < -0.4 is 0 Å². The van der Waals surface area contributed by atoms with E-state index in [2.05, 4.69) is 20.0 Å². The third-order valence-electron chi connectivity index (χ3n) is 4.79. The van der Waals surface area contributed by atoms with E-state index in [-0.39, 0.29) is 5.91 Å². The highest BCUT2D eigenvalue weighted by Crippen LogP contribution is 2.16. The lowest BCUT2D eigenvalue weighted by atomic mass is 10.2. The summed E-state index contributed by atoms with van der Waals surface area (Å²) in [4.78, 5) is 26.1. The first kappa shape index (κ1) is 17.1. The minimum absolute atomic E-state index is 0.0427. The number of rotatable bonds is 3. The third kappa shape index (κ3) is 3.34. The summed E-state index contributed by atoms with van der Waals surface area (Å²) in [6, 6.07) is 1.92. The molecule has 1 aliphatic rings. The van der Waals surface area contributed by atoms with Gasteiger partial charge >= 0.3 is 0 Å². The second kappa shape index (κ2) is 7.13. The summed E-state index contributed by atoms with van der Waals surface area (Å²) in [5.74, 6) is 0.0427. The molecule has 8 heteroatoms. The minimum Gasteiger partial charge on any atom is -0.337 e. The molecule has 0 bridgehead atoms. The van der Waals surface area contributed by atoms with Crippen molar-refractivity contribution in [2.75, 3.05) is 26.2 Å². The molecule has 0 radical (unpaired) electrons. The molecule has 1 fully saturated rings. The molecule has 0 N–H and O–H groups in total. The Morgan fingerprint density at radius 2 is 2.08 bits per heavy atom. The Morgan fingerprint density at radius 3 is 2.88 bits per heavy atom. The maximum absolute atomic E-state index is 13.1. The quantitative estimate of drug-likeness (QED) is 0.707. The predicted molar refractivity (Wildman–Crippen MR) is 100 cm³/mol. The molecule has 4 heterocycles. The van der Waals surface area contributed by atoms with Gasteiger partial charge in [-0.05, 0) is 20.3 Å². The van der Waals surface area contributed by atoms with E-state index in [1.165, 1.54) is 0 Å². The SMILES string of the molecule is Cc1cc2ncc(C(=O)N3CCCN(Cc4nccs4)CC3)c(C)n2n1. The lowest BCUT2D eigenvalue weighted by Crippen LogP contribution is -2.35. The summed E-state index contributed by atoms with van der Waals surface area (Å²) in [5, 5.41) is 7.58. The van der Waals surface area contributed by atoms with Gasteiger partial charge in [0.1, 0.15) is 5.01 Å². The molecule has 0 aromatic carbocycles. The van der Waals surface area contributed by atoms with Crippen LogP contribution in [-0.2, 0) is 6.54 Å². The zero-order valence-corrected chi connectivity index (χ0v) is 15.9. The Hall–Kier alpha value is -2.32. The van der Waals surface area contributed by atoms with Gasteiger partial charge in [-0.15, -0.1) is 11.3 Å². The molecule has 7 nitrogen and oxygen atoms in total. The smallest absolute Gasteiger partial charge is 0.257 e. The molecule has 1 aliphatic heterocycles. The molecule has 0 spiro atoms. The zero-order valence-electron chi connectivity index (χ0n) is 15.1. The fraction of sp³-hybridized carbons (Fsp3) is 0.444. The van der Waals surface area contributed by atoms with Crippen LogP contribution in [0.2, 0.25) is 0 Å². The first-order chi connectivity index (χ1) is 12.6. The van der Waals surface area contributed by atoms with Gasteiger partial charge in [0.25, 0.3) is 5.91 Å². The Morgan fingerprint density at radius 1 is 1.19 bits per heavy atom. The highest BCUT2D eigenvalue weighted by Gasteiger charge is 2.23. The van der Waals surface area contributed by atoms with Crippen molar-refractivity contribution in [3.05, 3.63) is 45.8 Å². The Kier molecular flexibility index (Phi) is 4.69. The maximum Gasteiger partial charge on any atom is 0.257 e. The molecule has 3 aromatic rings. The van der Waals surface area contributed by atoms with Crippen LogP contribution in [0.1, 0.15) is 33.2 Å². The number of carbonyl (C=O) groups excluding carboxylic acids is 1. The van der Waals surface area contributed by atoms with Gasteiger partial charge in [0.15, 0.2) is 5.65 Å². The highest BCUT2D eigenvalue weighted by molar-refractivity contribution is 7.09. The van der Waals surface area contributed by atoms with Crippen molar-refractivity contribution in [2.45, 2.75) is 26.8 Å². The number of aromatic nitrogens is 4. The average Bonchev–Trinajstić information content (AvgIpc) is 3.20. The van der Waals surface area contributed by atoms with Gasteiger partial charge in [-0.25, -0.2) is 14.5 Å². The van der Waals surface area contributed by atoms with E-state index in [0.717, 1.165) is 61.2 Å². The van der Waals surface area contributed by atoms with Crippen LogP contribution in [0.5, 0.6) is 0 Å². The lowest BCUT2D eigenvalue weighted by molar-refractivity contribution is 0.0759. The molecular formula is C18H22N6OS. The Balaban J connectivity index is 1.49. The number of hydrogen-bond acceptors (Lipinski definition) is 6. The molecule has 0 saturated carbocycles. The number of nitrogens with zero attached hydrogens (tertiary/aromatic N) is 6. The van der Waals surface area contributed by atoms with Crippen molar-refractivity contribution in [2.24, 2.45) is 0 Å². The van der Waals surface area contributed by atoms with Crippen LogP contribution in [0.25, 0.3) is 5.65 Å². The van der Waals surface area contributed by atoms with Gasteiger partial charge in [-0.3, -0.25) is 9.69 Å². The van der Waals surface area contributed by atoms with E-state index in [1.54, 1.807) is 22.0 Å². The lowest BCUT2D eigenvalue weighted by Gasteiger charge is -2.22. The second-order valence-electron chi connectivity index (χ2n) is 6.66. The maximum atomic E-state index is 13.1. The Bertz CT molecular complexity index is 919. The van der Waals surface area contributed by atoms with Crippen LogP contribution >= 0.6 is 11.3 Å². The normalized spacial score (nSPS) is 16.2. The largest absolute Gasteiger partial charge is 0.337 e. The topological polar surface area (TPSA) is 66.6 Å². The van der Waals surface area contributed by atoms with Crippen molar-refractivity contribution in [3.63, 3.8) is 0 Å². The summed E-state index contributed by atoms with van der Waals surface area (Å²) < 4.78 is 1.76. The predicted octanol–water partition coefficient (Wildman–Crippen LogP) is 2.15. The number of hydrogen-bond donors (Lipinski definition) is 0. The monoisotopic (exact) mass is 370 g/mol. The van der Waals surface area contributed by atoms with Crippen LogP contribution in [0, 0.1) is 13.8 Å². The highest BCUT2D eigenvalue weighted by atomic mass is 32.1. The standard InChI is InChI=1S/C18H22N6OS/c1-13-10-16-20-11-15(14(2)24(16)21-13)18(25)23-6-3-5-22(7-8-23)12-17-19-4-9-26-17/h4,9-11H,3,5-8,12H2,1-2H3. The molecular weight excluding hydrogens is 348 g/mol. The van der Waals surface area contributed by atoms with Gasteiger partial charge in [0, 0.05) is 50.0 Å². The first-order valence-electron chi connectivity index (χ1n) is 8.84. The second-order valence-corrected chi connectivity index (χ2v) is 7.64. The molecule has 0 atom stereocenters. The van der Waals surface area contributed by atoms with Crippen LogP contribution in [0.3, 0.4) is 0 Å². The molecule has 26 heavy (non-hydrogen) atoms. The van der Waals surface area contributed by atoms with Gasteiger partial charge in [0.2, 0.25) is 0 Å². The summed E-state index contributed by atoms with van der Waals surface area (Å²) in [7, 11) is 0. The van der Waals surface area contributed by atoms with Crippen LogP contribution in [-0.4, -0.2) is 61.5 Å². The molecule has 0 aliphatic carbocycles. The van der Waals surface area contributed by atoms with Gasteiger partial charge in [-0.1, -0.05) is 0 Å². The van der Waals surface area contributed by atoms with Crippen molar-refractivity contribution >= 4 is 22.9 Å². The van der Waals surface area contributed by atoms with Gasteiger partial charge in [-0.2, -0.15) is 5.10 Å². The zero-order chi connectivity index (χ0) is 18.1. The van der Waals surface area contributed by atoms with Crippen molar-refractivity contribution < 1.29 is 4.79 Å². The van der Waals surface area contributed by atoms with E-state index in [0.29, 0.717) is 5.56 Å². The molecule has 1 saturated heterocycles. The number of aryl methyl sites for hydroxylation is 2. The summed E-state index contributed by atoms with van der Waals surface area (Å²) in [6.45, 7) is 8.06. The van der Waals surface area contributed by atoms with Crippen molar-refractivity contribution in [1.82, 2.24) is 29.4 Å². The van der Waals surface area contributed by atoms with Crippen molar-refractivity contribution in [3.8, 4) is 0 Å². The fourth-order valence-electron chi connectivity index (χ4n) is 3.40. The van der Waals surface area contributed by atoms with E-state index in [4.69, 9.17) is 0 Å². The fourth-order valence-corrected chi connectivity index (χ4v) is 4.06. The van der Waals surface area contributed by atoms with Gasteiger partial charge in [0.05, 0.1) is 23.5 Å². The third-order valence-corrected chi connectivity index (χ3v) is 5.56. The Labute approximate surface area is 156 Å². The molecule has 0 unspecified atom stereocenters. The number of fused-ring (bicyclic) bond motifs is 1. The molecule has 1 amide bonds. The van der Waals surface area contributed by atoms with E-state index >= 15 is 0 Å². The van der Waals surface area contributed by atoms with Crippen LogP contribution in [0.4, 0.5) is 0 Å². The van der Waals surface area contributed by atoms with E-state index < -0.39 is 0 Å². The van der Waals surface area contributed by atoms with Crippen molar-refractivity contribution in [1.29, 1.82) is 0 Å². The first-order valence-corrected chi connectivity index (χ1v) is 9.72. The minimum atomic E-state index is 0.0427. The summed E-state index contributed by atoms with van der Waals surface area (Å²) >= 11 is 1.68. The summed E-state index contributed by atoms with van der Waals surface area (Å²) in [5.41, 5.74) is 3.16. The number of carbonyl (C=O) groups is 1. The number of thiazole rings is 1. The van der Waals surface area contributed by atoms with E-state index in [1.807, 2.05) is 36.4 Å².